The molecular formula is C25H31N3O2S. The minimum Gasteiger partial charge on any atom is -0.383 e. The average molecular weight is 438 g/mol. The van der Waals surface area contributed by atoms with Crippen LogP contribution in [0.15, 0.2) is 77.1 Å². The van der Waals surface area contributed by atoms with Crippen LogP contribution in [-0.4, -0.2) is 24.2 Å². The Kier molecular flexibility index (Phi) is 8.64. The lowest BCUT2D eigenvalue weighted by atomic mass is 10.1. The first-order valence-electron chi connectivity index (χ1n) is 10.6. The van der Waals surface area contributed by atoms with Gasteiger partial charge in [0, 0.05) is 11.4 Å². The van der Waals surface area contributed by atoms with Gasteiger partial charge in [-0.3, -0.25) is 0 Å². The molecule has 31 heavy (non-hydrogen) atoms. The van der Waals surface area contributed by atoms with Crippen LogP contribution in [0.4, 0.5) is 0 Å². The molecule has 0 saturated carbocycles. The maximum atomic E-state index is 10.8. The summed E-state index contributed by atoms with van der Waals surface area (Å²) in [5.41, 5.74) is 2.46. The lowest BCUT2D eigenvalue weighted by molar-refractivity contribution is 0.0655. The Bertz CT molecular complexity index is 940. The summed E-state index contributed by atoms with van der Waals surface area (Å²) in [5, 5.41) is 19.3. The molecule has 3 N–H and O–H groups in total. The molecule has 0 fully saturated rings. The van der Waals surface area contributed by atoms with Crippen molar-refractivity contribution in [3.63, 3.8) is 0 Å². The maximum absolute atomic E-state index is 10.8. The van der Waals surface area contributed by atoms with Crippen LogP contribution in [0.5, 0.6) is 0 Å². The molecule has 0 amide bonds. The second-order valence-corrected chi connectivity index (χ2v) is 8.49. The molecule has 0 aliphatic rings. The third-order valence-electron chi connectivity index (χ3n) is 4.89. The maximum Gasteiger partial charge on any atom is 0.191 e. The van der Waals surface area contributed by atoms with E-state index in [1.807, 2.05) is 61.7 Å². The van der Waals surface area contributed by atoms with Gasteiger partial charge in [-0.2, -0.15) is 0 Å². The van der Waals surface area contributed by atoms with E-state index < -0.39 is 5.60 Å². The monoisotopic (exact) mass is 437 g/mol. The molecule has 0 spiro atoms. The predicted molar refractivity (Wildman–Crippen MR) is 128 cm³/mol. The number of aliphatic hydroxyl groups is 1. The first-order valence-corrected chi connectivity index (χ1v) is 11.4. The van der Waals surface area contributed by atoms with E-state index in [-0.39, 0.29) is 0 Å². The molecule has 1 heterocycles. The lowest BCUT2D eigenvalue weighted by Gasteiger charge is -2.23. The molecule has 0 radical (unpaired) electrons. The molecular weight excluding hydrogens is 406 g/mol. The number of nitrogens with one attached hydrogen (secondary N) is 2. The van der Waals surface area contributed by atoms with E-state index in [0.29, 0.717) is 32.3 Å². The van der Waals surface area contributed by atoms with Gasteiger partial charge in [0.1, 0.15) is 5.60 Å². The Balaban J connectivity index is 1.60. The predicted octanol–water partition coefficient (Wildman–Crippen LogP) is 4.43. The highest BCUT2D eigenvalue weighted by molar-refractivity contribution is 7.10. The fourth-order valence-corrected chi connectivity index (χ4v) is 3.93. The number of ether oxygens (including phenoxy) is 1. The van der Waals surface area contributed by atoms with Crippen molar-refractivity contribution in [2.24, 2.45) is 4.99 Å². The topological polar surface area (TPSA) is 65.9 Å². The quantitative estimate of drug-likeness (QED) is 0.324. The number of guanidine groups is 1. The normalized spacial score (nSPS) is 13.6. The van der Waals surface area contributed by atoms with Gasteiger partial charge in [0.25, 0.3) is 0 Å². The Morgan fingerprint density at radius 3 is 2.42 bits per heavy atom. The van der Waals surface area contributed by atoms with Crippen LogP contribution in [0.1, 0.15) is 35.4 Å². The average Bonchev–Trinajstić information content (AvgIpc) is 3.33. The smallest absolute Gasteiger partial charge is 0.191 e. The van der Waals surface area contributed by atoms with E-state index >= 15 is 0 Å². The zero-order valence-corrected chi connectivity index (χ0v) is 19.0. The van der Waals surface area contributed by atoms with E-state index in [9.17, 15) is 5.11 Å². The van der Waals surface area contributed by atoms with E-state index in [0.717, 1.165) is 28.1 Å². The van der Waals surface area contributed by atoms with Gasteiger partial charge in [-0.15, -0.1) is 11.3 Å². The molecule has 1 atom stereocenters. The van der Waals surface area contributed by atoms with Crippen LogP contribution in [0, 0.1) is 0 Å². The number of thiophene rings is 1. The van der Waals surface area contributed by atoms with Crippen LogP contribution < -0.4 is 10.6 Å². The number of aliphatic imine (C=N–C) groups is 1. The van der Waals surface area contributed by atoms with Crippen molar-refractivity contribution in [1.82, 2.24) is 10.6 Å². The minimum absolute atomic E-state index is 0.376. The van der Waals surface area contributed by atoms with E-state index in [4.69, 9.17) is 9.73 Å². The van der Waals surface area contributed by atoms with Gasteiger partial charge >= 0.3 is 0 Å². The van der Waals surface area contributed by atoms with Crippen LogP contribution >= 0.6 is 11.3 Å². The summed E-state index contributed by atoms with van der Waals surface area (Å²) in [6, 6.07) is 22.3. The van der Waals surface area contributed by atoms with Crippen LogP contribution in [0.3, 0.4) is 0 Å². The Morgan fingerprint density at radius 1 is 0.968 bits per heavy atom. The number of rotatable bonds is 10. The van der Waals surface area contributed by atoms with Crippen molar-refractivity contribution in [2.45, 2.75) is 39.2 Å². The van der Waals surface area contributed by atoms with Crippen LogP contribution in [0.2, 0.25) is 0 Å². The number of benzene rings is 2. The number of hydrogen-bond acceptors (Lipinski definition) is 4. The molecule has 0 aliphatic carbocycles. The highest BCUT2D eigenvalue weighted by Gasteiger charge is 2.24. The van der Waals surface area contributed by atoms with Crippen molar-refractivity contribution < 1.29 is 9.84 Å². The largest absolute Gasteiger partial charge is 0.383 e. The highest BCUT2D eigenvalue weighted by atomic mass is 32.1. The van der Waals surface area contributed by atoms with Gasteiger partial charge in [0.15, 0.2) is 5.96 Å². The first-order chi connectivity index (χ1) is 15.1. The van der Waals surface area contributed by atoms with Gasteiger partial charge in [-0.1, -0.05) is 60.7 Å². The highest BCUT2D eigenvalue weighted by Crippen LogP contribution is 2.24. The van der Waals surface area contributed by atoms with Crippen molar-refractivity contribution in [3.05, 3.63) is 93.7 Å². The molecule has 5 nitrogen and oxygen atoms in total. The summed E-state index contributed by atoms with van der Waals surface area (Å²) in [7, 11) is 0. The fourth-order valence-electron chi connectivity index (χ4n) is 3.14. The fraction of sp³-hybridized carbons (Fsp3) is 0.320. The summed E-state index contributed by atoms with van der Waals surface area (Å²) in [5.74, 6) is 0.680. The van der Waals surface area contributed by atoms with E-state index in [1.54, 1.807) is 11.3 Å². The summed E-state index contributed by atoms with van der Waals surface area (Å²) in [6.07, 6.45) is 0. The SMILES string of the molecule is CCNC(=NCc1ccccc1COCc1ccccc1)NCC(C)(O)c1cccs1. The Labute approximate surface area is 188 Å². The summed E-state index contributed by atoms with van der Waals surface area (Å²) >= 11 is 1.55. The van der Waals surface area contributed by atoms with E-state index in [1.165, 1.54) is 0 Å². The Hall–Kier alpha value is -2.67. The lowest BCUT2D eigenvalue weighted by Crippen LogP contribution is -2.44. The van der Waals surface area contributed by atoms with Crippen LogP contribution in [0.25, 0.3) is 0 Å². The standard InChI is InChI=1S/C25H31N3O2S/c1-3-26-24(28-19-25(2,29)23-14-9-15-31-23)27-16-21-12-7-8-13-22(21)18-30-17-20-10-5-4-6-11-20/h4-15,29H,3,16-19H2,1-2H3,(H2,26,27,28). The molecule has 6 heteroatoms. The van der Waals surface area contributed by atoms with Crippen LogP contribution in [-0.2, 0) is 30.1 Å². The van der Waals surface area contributed by atoms with Gasteiger partial charge in [-0.05, 0) is 42.0 Å². The van der Waals surface area contributed by atoms with Gasteiger partial charge in [0.2, 0.25) is 0 Å². The van der Waals surface area contributed by atoms with Crippen molar-refractivity contribution in [1.29, 1.82) is 0 Å². The first kappa shape index (κ1) is 23.0. The van der Waals surface area contributed by atoms with Crippen molar-refractivity contribution in [2.75, 3.05) is 13.1 Å². The molecule has 1 unspecified atom stereocenters. The minimum atomic E-state index is -0.951. The summed E-state index contributed by atoms with van der Waals surface area (Å²) in [4.78, 5) is 5.65. The molecule has 3 rings (SSSR count). The summed E-state index contributed by atoms with van der Waals surface area (Å²) < 4.78 is 5.92. The molecule has 3 aromatic rings. The summed E-state index contributed by atoms with van der Waals surface area (Å²) in [6.45, 7) is 6.62. The third-order valence-corrected chi connectivity index (χ3v) is 6.01. The molecule has 2 aromatic carbocycles. The molecule has 0 bridgehead atoms. The zero-order chi connectivity index (χ0) is 21.9. The number of hydrogen-bond donors (Lipinski definition) is 3. The third kappa shape index (κ3) is 7.21. The molecule has 0 aliphatic heterocycles. The second kappa shape index (κ2) is 11.6. The van der Waals surface area contributed by atoms with Gasteiger partial charge in [0.05, 0.1) is 26.3 Å². The van der Waals surface area contributed by atoms with E-state index in [2.05, 4.69) is 34.9 Å². The zero-order valence-electron chi connectivity index (χ0n) is 18.2. The molecule has 0 saturated heterocycles. The number of nitrogens with zero attached hydrogens (tertiary/aromatic N) is 1. The van der Waals surface area contributed by atoms with Gasteiger partial charge < -0.3 is 20.5 Å². The van der Waals surface area contributed by atoms with Crippen molar-refractivity contribution >= 4 is 17.3 Å². The second-order valence-electron chi connectivity index (χ2n) is 7.55. The molecule has 1 aromatic heterocycles. The Morgan fingerprint density at radius 2 is 1.71 bits per heavy atom. The molecule has 164 valence electrons. The van der Waals surface area contributed by atoms with Gasteiger partial charge in [-0.25, -0.2) is 4.99 Å². The van der Waals surface area contributed by atoms with Crippen molar-refractivity contribution in [3.8, 4) is 0 Å².